The van der Waals surface area contributed by atoms with Gasteiger partial charge in [0.1, 0.15) is 6.07 Å². The van der Waals surface area contributed by atoms with Crippen LogP contribution in [0.15, 0.2) is 36.5 Å². The topological polar surface area (TPSA) is 57.0 Å². The SMILES string of the molecule is CN(C(=O)c1cccc(F)c1F)c1ncccc1C#N. The number of pyridine rings is 1. The van der Waals surface area contributed by atoms with E-state index in [0.29, 0.717) is 0 Å². The summed E-state index contributed by atoms with van der Waals surface area (Å²) in [5.41, 5.74) is -0.248. The molecule has 0 fully saturated rings. The number of nitriles is 1. The van der Waals surface area contributed by atoms with Crippen LogP contribution in [0, 0.1) is 23.0 Å². The van der Waals surface area contributed by atoms with Crippen molar-refractivity contribution in [2.24, 2.45) is 0 Å². The van der Waals surface area contributed by atoms with Gasteiger partial charge in [-0.1, -0.05) is 6.07 Å². The van der Waals surface area contributed by atoms with Crippen molar-refractivity contribution >= 4 is 11.7 Å². The first-order valence-electron chi connectivity index (χ1n) is 5.63. The highest BCUT2D eigenvalue weighted by Gasteiger charge is 2.22. The van der Waals surface area contributed by atoms with Gasteiger partial charge in [0, 0.05) is 13.2 Å². The highest BCUT2D eigenvalue weighted by molar-refractivity contribution is 6.05. The molecule has 0 atom stereocenters. The summed E-state index contributed by atoms with van der Waals surface area (Å²) in [6.07, 6.45) is 1.40. The van der Waals surface area contributed by atoms with Crippen molar-refractivity contribution in [1.29, 1.82) is 5.26 Å². The lowest BCUT2D eigenvalue weighted by molar-refractivity contribution is 0.0987. The van der Waals surface area contributed by atoms with Gasteiger partial charge in [-0.25, -0.2) is 13.8 Å². The molecule has 100 valence electrons. The van der Waals surface area contributed by atoms with Crippen molar-refractivity contribution in [2.75, 3.05) is 11.9 Å². The molecule has 0 saturated carbocycles. The lowest BCUT2D eigenvalue weighted by atomic mass is 10.1. The van der Waals surface area contributed by atoms with Crippen LogP contribution >= 0.6 is 0 Å². The standard InChI is InChI=1S/C14H9F2N3O/c1-19(13-9(8-17)4-3-7-18-13)14(20)10-5-2-6-11(15)12(10)16/h2-7H,1H3. The fourth-order valence-corrected chi connectivity index (χ4v) is 1.70. The molecule has 0 aliphatic rings. The quantitative estimate of drug-likeness (QED) is 0.844. The van der Waals surface area contributed by atoms with Crippen LogP contribution in [0.25, 0.3) is 0 Å². The van der Waals surface area contributed by atoms with Crippen LogP contribution in [0.1, 0.15) is 15.9 Å². The highest BCUT2D eigenvalue weighted by atomic mass is 19.2. The number of anilines is 1. The summed E-state index contributed by atoms with van der Waals surface area (Å²) < 4.78 is 26.7. The molecule has 0 aliphatic heterocycles. The minimum Gasteiger partial charge on any atom is -0.295 e. The fourth-order valence-electron chi connectivity index (χ4n) is 1.70. The Labute approximate surface area is 113 Å². The van der Waals surface area contributed by atoms with E-state index in [9.17, 15) is 13.6 Å². The Morgan fingerprint density at radius 1 is 1.30 bits per heavy atom. The molecule has 6 heteroatoms. The molecule has 2 aromatic rings. The molecule has 20 heavy (non-hydrogen) atoms. The van der Waals surface area contributed by atoms with E-state index in [4.69, 9.17) is 5.26 Å². The van der Waals surface area contributed by atoms with Gasteiger partial charge in [0.05, 0.1) is 11.1 Å². The Balaban J connectivity index is 2.44. The maximum atomic E-state index is 13.6. The number of hydrogen-bond donors (Lipinski definition) is 0. The van der Waals surface area contributed by atoms with Gasteiger partial charge in [-0.2, -0.15) is 5.26 Å². The predicted octanol–water partition coefficient (Wildman–Crippen LogP) is 2.51. The third-order valence-corrected chi connectivity index (χ3v) is 2.71. The Bertz CT molecular complexity index is 710. The van der Waals surface area contributed by atoms with Crippen molar-refractivity contribution in [2.45, 2.75) is 0 Å². The number of hydrogen-bond acceptors (Lipinski definition) is 3. The molecular weight excluding hydrogens is 264 g/mol. The molecule has 0 aliphatic carbocycles. The number of carbonyl (C=O) groups excluding carboxylic acids is 1. The smallest absolute Gasteiger partial charge is 0.262 e. The molecule has 0 spiro atoms. The van der Waals surface area contributed by atoms with Crippen molar-refractivity contribution in [3.05, 3.63) is 59.3 Å². The molecule has 1 heterocycles. The summed E-state index contributed by atoms with van der Waals surface area (Å²) in [6, 6.07) is 8.25. The van der Waals surface area contributed by atoms with Crippen LogP contribution in [-0.4, -0.2) is 17.9 Å². The zero-order valence-electron chi connectivity index (χ0n) is 10.5. The Hall–Kier alpha value is -2.81. The molecule has 0 saturated heterocycles. The minimum atomic E-state index is -1.22. The van der Waals surface area contributed by atoms with E-state index in [0.717, 1.165) is 11.0 Å². The normalized spacial score (nSPS) is 9.90. The lowest BCUT2D eigenvalue weighted by Gasteiger charge is -2.17. The number of aromatic nitrogens is 1. The van der Waals surface area contributed by atoms with Crippen LogP contribution in [0.2, 0.25) is 0 Å². The van der Waals surface area contributed by atoms with E-state index in [1.807, 2.05) is 6.07 Å². The van der Waals surface area contributed by atoms with Crippen LogP contribution in [-0.2, 0) is 0 Å². The van der Waals surface area contributed by atoms with Gasteiger partial charge < -0.3 is 0 Å². The zero-order valence-corrected chi connectivity index (χ0v) is 10.5. The second-order valence-electron chi connectivity index (χ2n) is 3.95. The number of halogens is 2. The van der Waals surface area contributed by atoms with Gasteiger partial charge in [0.2, 0.25) is 0 Å². The van der Waals surface area contributed by atoms with Crippen LogP contribution in [0.4, 0.5) is 14.6 Å². The average Bonchev–Trinajstić information content (AvgIpc) is 2.48. The fraction of sp³-hybridized carbons (Fsp3) is 0.0714. The number of rotatable bonds is 2. The van der Waals surface area contributed by atoms with E-state index in [1.54, 1.807) is 6.07 Å². The first kappa shape index (κ1) is 13.6. The maximum absolute atomic E-state index is 13.6. The second kappa shape index (κ2) is 5.45. The molecule has 4 nitrogen and oxygen atoms in total. The van der Waals surface area contributed by atoms with Gasteiger partial charge in [-0.15, -0.1) is 0 Å². The van der Waals surface area contributed by atoms with Crippen molar-refractivity contribution in [1.82, 2.24) is 4.98 Å². The summed E-state index contributed by atoms with van der Waals surface area (Å²) in [4.78, 5) is 17.1. The first-order chi connectivity index (χ1) is 9.56. The van der Waals surface area contributed by atoms with Gasteiger partial charge in [0.15, 0.2) is 17.5 Å². The van der Waals surface area contributed by atoms with E-state index >= 15 is 0 Å². The Morgan fingerprint density at radius 2 is 2.05 bits per heavy atom. The number of carbonyl (C=O) groups is 1. The summed E-state index contributed by atoms with van der Waals surface area (Å²) in [7, 11) is 1.34. The predicted molar refractivity (Wildman–Crippen MR) is 68.0 cm³/mol. The zero-order chi connectivity index (χ0) is 14.7. The van der Waals surface area contributed by atoms with E-state index in [-0.39, 0.29) is 11.4 Å². The van der Waals surface area contributed by atoms with Gasteiger partial charge in [-0.05, 0) is 24.3 Å². The lowest BCUT2D eigenvalue weighted by Crippen LogP contribution is -2.29. The Kier molecular flexibility index (Phi) is 3.71. The summed E-state index contributed by atoms with van der Waals surface area (Å²) in [5.74, 6) is -3.02. The minimum absolute atomic E-state index is 0.0867. The van der Waals surface area contributed by atoms with Gasteiger partial charge in [-0.3, -0.25) is 9.69 Å². The Morgan fingerprint density at radius 3 is 2.75 bits per heavy atom. The molecule has 0 bridgehead atoms. The molecule has 0 unspecified atom stereocenters. The molecular formula is C14H9F2N3O. The monoisotopic (exact) mass is 273 g/mol. The van der Waals surface area contributed by atoms with Crippen LogP contribution in [0.5, 0.6) is 0 Å². The summed E-state index contributed by atoms with van der Waals surface area (Å²) in [6.45, 7) is 0. The van der Waals surface area contributed by atoms with Crippen molar-refractivity contribution in [3.63, 3.8) is 0 Å². The number of benzene rings is 1. The third-order valence-electron chi connectivity index (χ3n) is 2.71. The molecule has 1 aromatic carbocycles. The van der Waals surface area contributed by atoms with Crippen molar-refractivity contribution in [3.8, 4) is 6.07 Å². The largest absolute Gasteiger partial charge is 0.295 e. The second-order valence-corrected chi connectivity index (χ2v) is 3.95. The summed E-state index contributed by atoms with van der Waals surface area (Å²) >= 11 is 0. The molecule has 1 amide bonds. The average molecular weight is 273 g/mol. The van der Waals surface area contributed by atoms with Crippen molar-refractivity contribution < 1.29 is 13.6 Å². The van der Waals surface area contributed by atoms with Gasteiger partial charge in [0.25, 0.3) is 5.91 Å². The third kappa shape index (κ3) is 2.34. The van der Waals surface area contributed by atoms with Crippen LogP contribution in [0.3, 0.4) is 0 Å². The van der Waals surface area contributed by atoms with E-state index in [2.05, 4.69) is 4.98 Å². The molecule has 0 radical (unpaired) electrons. The summed E-state index contributed by atoms with van der Waals surface area (Å²) in [5, 5.41) is 8.96. The van der Waals surface area contributed by atoms with E-state index < -0.39 is 23.1 Å². The highest BCUT2D eigenvalue weighted by Crippen LogP contribution is 2.19. The molecule has 1 aromatic heterocycles. The molecule has 2 rings (SSSR count). The first-order valence-corrected chi connectivity index (χ1v) is 5.63. The van der Waals surface area contributed by atoms with Gasteiger partial charge >= 0.3 is 0 Å². The number of amides is 1. The maximum Gasteiger partial charge on any atom is 0.262 e. The van der Waals surface area contributed by atoms with E-state index in [1.165, 1.54) is 31.4 Å². The molecule has 0 N–H and O–H groups in total. The van der Waals surface area contributed by atoms with Crippen LogP contribution < -0.4 is 4.90 Å². The number of nitrogens with zero attached hydrogens (tertiary/aromatic N) is 3.